The fourth-order valence-corrected chi connectivity index (χ4v) is 2.40. The van der Waals surface area contributed by atoms with Crippen molar-refractivity contribution in [3.63, 3.8) is 0 Å². The molecule has 0 aromatic carbocycles. The Morgan fingerprint density at radius 1 is 1.33 bits per heavy atom. The van der Waals surface area contributed by atoms with Gasteiger partial charge in [-0.1, -0.05) is 6.92 Å². The molecule has 1 aromatic heterocycles. The summed E-state index contributed by atoms with van der Waals surface area (Å²) < 4.78 is 16.6. The number of amides is 1. The van der Waals surface area contributed by atoms with Gasteiger partial charge in [-0.25, -0.2) is 0 Å². The number of pyridine rings is 1. The van der Waals surface area contributed by atoms with E-state index in [4.69, 9.17) is 14.2 Å². The summed E-state index contributed by atoms with van der Waals surface area (Å²) in [5.74, 6) is -0.223. The number of nitro groups is 1. The van der Waals surface area contributed by atoms with E-state index in [1.54, 1.807) is 0 Å². The molecule has 132 valence electrons. The van der Waals surface area contributed by atoms with Gasteiger partial charge in [0.15, 0.2) is 18.1 Å². The molecule has 0 bridgehead atoms. The van der Waals surface area contributed by atoms with Crippen LogP contribution in [0.1, 0.15) is 27.2 Å². The molecule has 2 heterocycles. The van der Waals surface area contributed by atoms with Crippen molar-refractivity contribution in [3.8, 4) is 5.75 Å². The zero-order chi connectivity index (χ0) is 17.7. The zero-order valence-electron chi connectivity index (χ0n) is 13.9. The van der Waals surface area contributed by atoms with Crippen LogP contribution in [0.5, 0.6) is 5.75 Å². The summed E-state index contributed by atoms with van der Waals surface area (Å²) in [5.41, 5.74) is 0. The first kappa shape index (κ1) is 18.1. The molecule has 0 N–H and O–H groups in total. The highest BCUT2D eigenvalue weighted by molar-refractivity contribution is 5.99. The smallest absolute Gasteiger partial charge is 0.366 e. The average Bonchev–Trinajstić information content (AvgIpc) is 2.56. The summed E-state index contributed by atoms with van der Waals surface area (Å²) >= 11 is 0. The van der Waals surface area contributed by atoms with Crippen molar-refractivity contribution < 1.29 is 23.9 Å². The van der Waals surface area contributed by atoms with E-state index in [2.05, 4.69) is 4.98 Å². The fraction of sp³-hybridized carbons (Fsp3) is 0.600. The number of carbonyl (C=O) groups is 1. The van der Waals surface area contributed by atoms with Gasteiger partial charge in [0.1, 0.15) is 0 Å². The third kappa shape index (κ3) is 3.80. The van der Waals surface area contributed by atoms with Crippen LogP contribution < -0.4 is 9.64 Å². The van der Waals surface area contributed by atoms with Crippen molar-refractivity contribution in [1.29, 1.82) is 0 Å². The first-order valence-electron chi connectivity index (χ1n) is 7.88. The quantitative estimate of drug-likeness (QED) is 0.404. The van der Waals surface area contributed by atoms with E-state index >= 15 is 0 Å². The molecule has 9 heteroatoms. The predicted molar refractivity (Wildman–Crippen MR) is 85.0 cm³/mol. The summed E-state index contributed by atoms with van der Waals surface area (Å²) in [4.78, 5) is 28.3. The van der Waals surface area contributed by atoms with Gasteiger partial charge in [-0.2, -0.15) is 0 Å². The Bertz CT molecular complexity index is 603. The first-order chi connectivity index (χ1) is 11.5. The second kappa shape index (κ2) is 8.02. The molecule has 24 heavy (non-hydrogen) atoms. The number of nitrogens with zero attached hydrogens (tertiary/aromatic N) is 3. The zero-order valence-corrected chi connectivity index (χ0v) is 13.9. The second-order valence-corrected chi connectivity index (χ2v) is 5.05. The molecule has 0 saturated carbocycles. The minimum absolute atomic E-state index is 0.0849. The standard InChI is InChI=1S/C15H21N3O6/c1-4-10-15(19)17(9-13(22-5-2)23-6-3)14-11(24-10)7-8-12(16-14)18(20)21/h7-8,10,13H,4-6,9H2,1-3H3. The van der Waals surface area contributed by atoms with Crippen LogP contribution in [-0.4, -0.2) is 48.0 Å². The monoisotopic (exact) mass is 339 g/mol. The Balaban J connectivity index is 2.38. The van der Waals surface area contributed by atoms with Crippen LogP contribution >= 0.6 is 0 Å². The van der Waals surface area contributed by atoms with Gasteiger partial charge in [0.25, 0.3) is 11.7 Å². The van der Waals surface area contributed by atoms with Crippen molar-refractivity contribution in [2.45, 2.75) is 39.6 Å². The van der Waals surface area contributed by atoms with E-state index in [9.17, 15) is 14.9 Å². The number of hydrogen-bond acceptors (Lipinski definition) is 7. The lowest BCUT2D eigenvalue weighted by Crippen LogP contribution is -2.49. The maximum absolute atomic E-state index is 12.6. The number of anilines is 1. The number of hydrogen-bond donors (Lipinski definition) is 0. The number of rotatable bonds is 8. The third-order valence-electron chi connectivity index (χ3n) is 3.49. The Morgan fingerprint density at radius 3 is 2.54 bits per heavy atom. The van der Waals surface area contributed by atoms with Crippen LogP contribution in [0.25, 0.3) is 0 Å². The van der Waals surface area contributed by atoms with E-state index in [0.717, 1.165) is 0 Å². The Morgan fingerprint density at radius 2 is 2.00 bits per heavy atom. The lowest BCUT2D eigenvalue weighted by Gasteiger charge is -2.32. The van der Waals surface area contributed by atoms with Gasteiger partial charge >= 0.3 is 5.82 Å². The number of ether oxygens (including phenoxy) is 3. The molecular weight excluding hydrogens is 318 g/mol. The molecule has 0 radical (unpaired) electrons. The van der Waals surface area contributed by atoms with Gasteiger partial charge in [0.2, 0.25) is 0 Å². The second-order valence-electron chi connectivity index (χ2n) is 5.05. The van der Waals surface area contributed by atoms with Crippen LogP contribution in [0.3, 0.4) is 0 Å². The normalized spacial score (nSPS) is 16.9. The molecule has 9 nitrogen and oxygen atoms in total. The van der Waals surface area contributed by atoms with Crippen molar-refractivity contribution >= 4 is 17.5 Å². The highest BCUT2D eigenvalue weighted by Crippen LogP contribution is 2.34. The van der Waals surface area contributed by atoms with Gasteiger partial charge in [0.05, 0.1) is 6.54 Å². The molecule has 0 saturated heterocycles. The molecular formula is C15H21N3O6. The summed E-state index contributed by atoms with van der Waals surface area (Å²) in [6, 6.07) is 2.71. The van der Waals surface area contributed by atoms with Gasteiger partial charge in [-0.05, 0) is 36.2 Å². The number of fused-ring (bicyclic) bond motifs is 1. The Kier molecular flexibility index (Phi) is 6.04. The highest BCUT2D eigenvalue weighted by atomic mass is 16.7. The average molecular weight is 339 g/mol. The molecule has 1 unspecified atom stereocenters. The SMILES string of the molecule is CCOC(CN1C(=O)C(CC)Oc2ccc([N+](=O)[O-])nc21)OCC. The molecule has 1 aliphatic rings. The first-order valence-corrected chi connectivity index (χ1v) is 7.88. The van der Waals surface area contributed by atoms with Gasteiger partial charge in [-0.3, -0.25) is 9.69 Å². The summed E-state index contributed by atoms with van der Waals surface area (Å²) in [6.45, 7) is 6.37. The van der Waals surface area contributed by atoms with E-state index < -0.39 is 17.3 Å². The van der Waals surface area contributed by atoms with Gasteiger partial charge in [0, 0.05) is 19.3 Å². The number of carbonyl (C=O) groups excluding carboxylic acids is 1. The van der Waals surface area contributed by atoms with E-state index in [1.807, 2.05) is 20.8 Å². The molecule has 1 amide bonds. The minimum atomic E-state index is -0.662. The summed E-state index contributed by atoms with van der Waals surface area (Å²) in [5, 5.41) is 11.0. The van der Waals surface area contributed by atoms with Crippen LogP contribution in [0, 0.1) is 10.1 Å². The lowest BCUT2D eigenvalue weighted by molar-refractivity contribution is -0.389. The Labute approximate surface area is 139 Å². The molecule has 2 rings (SSSR count). The summed E-state index contributed by atoms with van der Waals surface area (Å²) in [6.07, 6.45) is -0.835. The van der Waals surface area contributed by atoms with Crippen molar-refractivity contribution in [2.75, 3.05) is 24.7 Å². The van der Waals surface area contributed by atoms with E-state index in [1.165, 1.54) is 17.0 Å². The van der Waals surface area contributed by atoms with Crippen LogP contribution in [-0.2, 0) is 14.3 Å². The molecule has 0 aliphatic carbocycles. The maximum atomic E-state index is 12.6. The molecule has 0 fully saturated rings. The Hall–Kier alpha value is -2.26. The molecule has 1 aromatic rings. The summed E-state index contributed by atoms with van der Waals surface area (Å²) in [7, 11) is 0. The molecule has 1 atom stereocenters. The van der Waals surface area contributed by atoms with E-state index in [0.29, 0.717) is 25.4 Å². The van der Waals surface area contributed by atoms with Crippen molar-refractivity contribution in [2.24, 2.45) is 0 Å². The van der Waals surface area contributed by atoms with Crippen LogP contribution in [0.4, 0.5) is 11.6 Å². The minimum Gasteiger partial charge on any atom is -0.474 e. The fourth-order valence-electron chi connectivity index (χ4n) is 2.40. The molecule has 1 aliphatic heterocycles. The molecule has 0 spiro atoms. The number of aromatic nitrogens is 1. The van der Waals surface area contributed by atoms with Gasteiger partial charge < -0.3 is 24.3 Å². The van der Waals surface area contributed by atoms with Crippen LogP contribution in [0.2, 0.25) is 0 Å². The van der Waals surface area contributed by atoms with E-state index in [-0.39, 0.29) is 24.1 Å². The lowest BCUT2D eigenvalue weighted by atomic mass is 10.2. The van der Waals surface area contributed by atoms with Crippen LogP contribution in [0.15, 0.2) is 12.1 Å². The topological polar surface area (TPSA) is 104 Å². The van der Waals surface area contributed by atoms with Gasteiger partial charge in [-0.15, -0.1) is 0 Å². The third-order valence-corrected chi connectivity index (χ3v) is 3.49. The predicted octanol–water partition coefficient (Wildman–Crippen LogP) is 1.89. The van der Waals surface area contributed by atoms with Crippen molar-refractivity contribution in [1.82, 2.24) is 4.98 Å². The highest BCUT2D eigenvalue weighted by Gasteiger charge is 2.39. The largest absolute Gasteiger partial charge is 0.474 e. The maximum Gasteiger partial charge on any atom is 0.366 e. The van der Waals surface area contributed by atoms with Crippen molar-refractivity contribution in [3.05, 3.63) is 22.2 Å².